The fourth-order valence-electron chi connectivity index (χ4n) is 1.62. The molecule has 20 heavy (non-hydrogen) atoms. The van der Waals surface area contributed by atoms with Crippen LogP contribution in [0.4, 0.5) is 0 Å². The van der Waals surface area contributed by atoms with Gasteiger partial charge in [-0.1, -0.05) is 24.8 Å². The summed E-state index contributed by atoms with van der Waals surface area (Å²) in [4.78, 5) is 13.8. The van der Waals surface area contributed by atoms with Gasteiger partial charge in [-0.15, -0.1) is 11.3 Å². The molecule has 0 aliphatic rings. The molecule has 0 aliphatic heterocycles. The highest BCUT2D eigenvalue weighted by molar-refractivity contribution is 7.11. The standard InChI is InChI=1S/C17H23NOS/c1-5-18(10-8-6-7-9-17(2,3)4)12-15-11-16(13-19)20-14-15/h6,8,11,13-14H,5,10,12H2,1-4H3/b8-6+. The fourth-order valence-corrected chi connectivity index (χ4v) is 2.33. The molecule has 0 bridgehead atoms. The van der Waals surface area contributed by atoms with E-state index in [0.717, 1.165) is 30.8 Å². The SMILES string of the molecule is CCN(C/C=C/C#CC(C)(C)C)Cc1csc(C=O)c1. The predicted molar refractivity (Wildman–Crippen MR) is 87.0 cm³/mol. The molecule has 0 spiro atoms. The molecule has 0 saturated carbocycles. The van der Waals surface area contributed by atoms with E-state index in [9.17, 15) is 4.79 Å². The lowest BCUT2D eigenvalue weighted by Gasteiger charge is -2.17. The number of thiophene rings is 1. The van der Waals surface area contributed by atoms with Crippen LogP contribution in [0.3, 0.4) is 0 Å². The molecule has 2 nitrogen and oxygen atoms in total. The molecule has 0 aliphatic carbocycles. The van der Waals surface area contributed by atoms with Crippen LogP contribution in [-0.2, 0) is 6.54 Å². The number of nitrogens with zero attached hydrogens (tertiary/aromatic N) is 1. The molecule has 0 N–H and O–H groups in total. The molecule has 0 fully saturated rings. The zero-order valence-corrected chi connectivity index (χ0v) is 13.6. The summed E-state index contributed by atoms with van der Waals surface area (Å²) < 4.78 is 0. The highest BCUT2D eigenvalue weighted by atomic mass is 32.1. The summed E-state index contributed by atoms with van der Waals surface area (Å²) in [6.07, 6.45) is 4.93. The van der Waals surface area contributed by atoms with Crippen LogP contribution in [0.15, 0.2) is 23.6 Å². The second kappa shape index (κ2) is 8.04. The molecule has 0 saturated heterocycles. The van der Waals surface area contributed by atoms with E-state index in [1.165, 1.54) is 16.9 Å². The average Bonchev–Trinajstić information content (AvgIpc) is 2.83. The van der Waals surface area contributed by atoms with Crippen molar-refractivity contribution in [2.45, 2.75) is 34.2 Å². The van der Waals surface area contributed by atoms with Gasteiger partial charge in [0.1, 0.15) is 0 Å². The van der Waals surface area contributed by atoms with E-state index >= 15 is 0 Å². The van der Waals surface area contributed by atoms with Crippen LogP contribution in [-0.4, -0.2) is 24.3 Å². The molecule has 0 atom stereocenters. The zero-order valence-electron chi connectivity index (χ0n) is 12.8. The summed E-state index contributed by atoms with van der Waals surface area (Å²) in [5.41, 5.74) is 1.25. The van der Waals surface area contributed by atoms with Gasteiger partial charge in [0, 0.05) is 18.5 Å². The minimum absolute atomic E-state index is 0.0523. The second-order valence-corrected chi connectivity index (χ2v) is 6.67. The molecule has 0 radical (unpaired) electrons. The molecule has 1 aromatic heterocycles. The molecule has 1 rings (SSSR count). The third-order valence-corrected chi connectivity index (χ3v) is 3.56. The predicted octanol–water partition coefficient (Wildman–Crippen LogP) is 3.99. The fraction of sp³-hybridized carbons (Fsp3) is 0.471. The summed E-state index contributed by atoms with van der Waals surface area (Å²) in [5, 5.41) is 2.05. The Kier molecular flexibility index (Phi) is 6.70. The van der Waals surface area contributed by atoms with Crippen LogP contribution in [0.5, 0.6) is 0 Å². The molecular formula is C17H23NOS. The largest absolute Gasteiger partial charge is 0.297 e. The number of allylic oxidation sites excluding steroid dienone is 1. The maximum atomic E-state index is 10.7. The van der Waals surface area contributed by atoms with Crippen molar-refractivity contribution >= 4 is 17.6 Å². The molecule has 0 aromatic carbocycles. The van der Waals surface area contributed by atoms with Crippen molar-refractivity contribution in [3.63, 3.8) is 0 Å². The Balaban J connectivity index is 2.48. The van der Waals surface area contributed by atoms with E-state index in [0.29, 0.717) is 0 Å². The summed E-state index contributed by atoms with van der Waals surface area (Å²) in [6, 6.07) is 1.96. The highest BCUT2D eigenvalue weighted by Gasteiger charge is 2.04. The average molecular weight is 289 g/mol. The van der Waals surface area contributed by atoms with Crippen LogP contribution >= 0.6 is 11.3 Å². The molecule has 0 amide bonds. The van der Waals surface area contributed by atoms with Gasteiger partial charge in [-0.3, -0.25) is 9.69 Å². The Labute approximate surface area is 126 Å². The van der Waals surface area contributed by atoms with E-state index in [4.69, 9.17) is 0 Å². The normalized spacial score (nSPS) is 11.7. The first-order valence-corrected chi connectivity index (χ1v) is 7.75. The van der Waals surface area contributed by atoms with Gasteiger partial charge in [-0.25, -0.2) is 0 Å². The summed E-state index contributed by atoms with van der Waals surface area (Å²) >= 11 is 1.50. The van der Waals surface area contributed by atoms with E-state index in [1.807, 2.05) is 12.1 Å². The van der Waals surface area contributed by atoms with Gasteiger partial charge in [0.2, 0.25) is 0 Å². The molecule has 0 unspecified atom stereocenters. The Bertz CT molecular complexity index is 511. The Hall–Kier alpha value is -1.37. The second-order valence-electron chi connectivity index (χ2n) is 5.72. The van der Waals surface area contributed by atoms with Crippen LogP contribution < -0.4 is 0 Å². The third kappa shape index (κ3) is 6.70. The Morgan fingerprint density at radius 2 is 2.15 bits per heavy atom. The van der Waals surface area contributed by atoms with E-state index in [-0.39, 0.29) is 5.41 Å². The Morgan fingerprint density at radius 1 is 1.40 bits per heavy atom. The van der Waals surface area contributed by atoms with E-state index in [2.05, 4.69) is 55.9 Å². The highest BCUT2D eigenvalue weighted by Crippen LogP contribution is 2.14. The summed E-state index contributed by atoms with van der Waals surface area (Å²) in [6.45, 7) is 11.2. The van der Waals surface area contributed by atoms with Crippen LogP contribution in [0.25, 0.3) is 0 Å². The number of hydrogen-bond acceptors (Lipinski definition) is 3. The first-order chi connectivity index (χ1) is 9.44. The van der Waals surface area contributed by atoms with Crippen molar-refractivity contribution in [3.05, 3.63) is 34.0 Å². The van der Waals surface area contributed by atoms with Crippen LogP contribution in [0.1, 0.15) is 42.9 Å². The van der Waals surface area contributed by atoms with Gasteiger partial charge in [0.05, 0.1) is 4.88 Å². The van der Waals surface area contributed by atoms with E-state index < -0.39 is 0 Å². The number of aldehydes is 1. The monoisotopic (exact) mass is 289 g/mol. The smallest absolute Gasteiger partial charge is 0.160 e. The van der Waals surface area contributed by atoms with Gasteiger partial charge in [-0.05, 0) is 50.4 Å². The lowest BCUT2D eigenvalue weighted by Crippen LogP contribution is -2.22. The van der Waals surface area contributed by atoms with Crippen molar-refractivity contribution in [2.75, 3.05) is 13.1 Å². The van der Waals surface area contributed by atoms with Crippen LogP contribution in [0.2, 0.25) is 0 Å². The number of rotatable bonds is 6. The third-order valence-electron chi connectivity index (χ3n) is 2.66. The molecule has 1 aromatic rings. The number of likely N-dealkylation sites (N-methyl/N-ethyl adjacent to an activating group) is 1. The quantitative estimate of drug-likeness (QED) is 0.583. The number of carbonyl (C=O) groups is 1. The first-order valence-electron chi connectivity index (χ1n) is 6.87. The zero-order chi connectivity index (χ0) is 15.0. The minimum Gasteiger partial charge on any atom is -0.297 e. The lowest BCUT2D eigenvalue weighted by atomic mass is 9.98. The van der Waals surface area contributed by atoms with Crippen molar-refractivity contribution in [3.8, 4) is 11.8 Å². The maximum Gasteiger partial charge on any atom is 0.160 e. The van der Waals surface area contributed by atoms with Gasteiger partial charge in [0.25, 0.3) is 0 Å². The van der Waals surface area contributed by atoms with Crippen molar-refractivity contribution in [2.24, 2.45) is 5.41 Å². The van der Waals surface area contributed by atoms with E-state index in [1.54, 1.807) is 0 Å². The van der Waals surface area contributed by atoms with Crippen molar-refractivity contribution < 1.29 is 4.79 Å². The molecule has 1 heterocycles. The number of hydrogen-bond donors (Lipinski definition) is 0. The molecule has 3 heteroatoms. The van der Waals surface area contributed by atoms with Crippen molar-refractivity contribution in [1.82, 2.24) is 4.90 Å². The van der Waals surface area contributed by atoms with Crippen LogP contribution in [0, 0.1) is 17.3 Å². The summed E-state index contributed by atoms with van der Waals surface area (Å²) in [7, 11) is 0. The topological polar surface area (TPSA) is 20.3 Å². The lowest BCUT2D eigenvalue weighted by molar-refractivity contribution is 0.112. The van der Waals surface area contributed by atoms with Gasteiger partial charge >= 0.3 is 0 Å². The Morgan fingerprint density at radius 3 is 2.70 bits per heavy atom. The number of carbonyl (C=O) groups excluding carboxylic acids is 1. The minimum atomic E-state index is 0.0523. The molecule has 108 valence electrons. The van der Waals surface area contributed by atoms with Gasteiger partial charge in [0.15, 0.2) is 6.29 Å². The maximum absolute atomic E-state index is 10.7. The van der Waals surface area contributed by atoms with Gasteiger partial charge < -0.3 is 0 Å². The molecular weight excluding hydrogens is 266 g/mol. The summed E-state index contributed by atoms with van der Waals surface area (Å²) in [5.74, 6) is 6.26. The van der Waals surface area contributed by atoms with Crippen molar-refractivity contribution in [1.29, 1.82) is 0 Å². The van der Waals surface area contributed by atoms with Gasteiger partial charge in [-0.2, -0.15) is 0 Å². The first kappa shape index (κ1) is 16.7.